The third-order valence-electron chi connectivity index (χ3n) is 4.96. The van der Waals surface area contributed by atoms with Gasteiger partial charge in [-0.1, -0.05) is 45.0 Å². The quantitative estimate of drug-likeness (QED) is 0.313. The van der Waals surface area contributed by atoms with Crippen molar-refractivity contribution < 1.29 is 14.3 Å². The van der Waals surface area contributed by atoms with Crippen molar-refractivity contribution in [3.05, 3.63) is 83.4 Å². The SMILES string of the molecule is C=CC(C)(C)c1ccc(OCCC)c(C=CC(=O)c2ccc(C(=O)N(C)C)cc2)c1. The summed E-state index contributed by atoms with van der Waals surface area (Å²) in [7, 11) is 3.40. The largest absolute Gasteiger partial charge is 0.493 e. The van der Waals surface area contributed by atoms with Crippen LogP contribution < -0.4 is 4.74 Å². The minimum Gasteiger partial charge on any atom is -0.493 e. The lowest BCUT2D eigenvalue weighted by Gasteiger charge is -2.22. The molecule has 0 bridgehead atoms. The van der Waals surface area contributed by atoms with Crippen LogP contribution >= 0.6 is 0 Å². The normalized spacial score (nSPS) is 11.4. The fourth-order valence-corrected chi connectivity index (χ4v) is 2.84. The highest BCUT2D eigenvalue weighted by Crippen LogP contribution is 2.30. The van der Waals surface area contributed by atoms with Crippen molar-refractivity contribution in [1.82, 2.24) is 4.90 Å². The van der Waals surface area contributed by atoms with Crippen LogP contribution in [0.5, 0.6) is 5.75 Å². The van der Waals surface area contributed by atoms with Crippen LogP contribution in [0.4, 0.5) is 0 Å². The van der Waals surface area contributed by atoms with Gasteiger partial charge in [0.1, 0.15) is 5.75 Å². The fourth-order valence-electron chi connectivity index (χ4n) is 2.84. The molecule has 4 heteroatoms. The summed E-state index contributed by atoms with van der Waals surface area (Å²) < 4.78 is 5.86. The van der Waals surface area contributed by atoms with Gasteiger partial charge in [-0.05, 0) is 48.4 Å². The van der Waals surface area contributed by atoms with Gasteiger partial charge in [0.2, 0.25) is 0 Å². The Morgan fingerprint density at radius 3 is 2.27 bits per heavy atom. The Bertz CT molecular complexity index is 937. The molecule has 0 fully saturated rings. The maximum atomic E-state index is 12.7. The van der Waals surface area contributed by atoms with Crippen molar-refractivity contribution in [1.29, 1.82) is 0 Å². The second-order valence-electron chi connectivity index (χ2n) is 8.00. The number of ketones is 1. The molecule has 0 aliphatic rings. The van der Waals surface area contributed by atoms with E-state index < -0.39 is 0 Å². The first-order valence-corrected chi connectivity index (χ1v) is 10.1. The molecule has 0 aliphatic heterocycles. The molecule has 0 atom stereocenters. The first kappa shape index (κ1) is 23.1. The average Bonchev–Trinajstić information content (AvgIpc) is 2.75. The number of rotatable bonds is 9. The Hall–Kier alpha value is -3.14. The van der Waals surface area contributed by atoms with Crippen LogP contribution in [-0.4, -0.2) is 37.3 Å². The van der Waals surface area contributed by atoms with Crippen LogP contribution in [0.2, 0.25) is 0 Å². The minimum atomic E-state index is -0.190. The van der Waals surface area contributed by atoms with Gasteiger partial charge in [0.15, 0.2) is 5.78 Å². The molecule has 0 radical (unpaired) electrons. The Kier molecular flexibility index (Phi) is 7.76. The van der Waals surface area contributed by atoms with E-state index in [2.05, 4.69) is 27.4 Å². The van der Waals surface area contributed by atoms with Gasteiger partial charge in [-0.3, -0.25) is 9.59 Å². The maximum Gasteiger partial charge on any atom is 0.253 e. The van der Waals surface area contributed by atoms with Gasteiger partial charge < -0.3 is 9.64 Å². The van der Waals surface area contributed by atoms with Gasteiger partial charge in [0.05, 0.1) is 6.61 Å². The molecule has 30 heavy (non-hydrogen) atoms. The third-order valence-corrected chi connectivity index (χ3v) is 4.96. The van der Waals surface area contributed by atoms with Crippen LogP contribution in [0.1, 0.15) is 59.0 Å². The van der Waals surface area contributed by atoms with Crippen LogP contribution in [0.3, 0.4) is 0 Å². The van der Waals surface area contributed by atoms with Crippen LogP contribution in [-0.2, 0) is 5.41 Å². The molecule has 2 aromatic carbocycles. The predicted molar refractivity (Wildman–Crippen MR) is 123 cm³/mol. The predicted octanol–water partition coefficient (Wildman–Crippen LogP) is 5.54. The van der Waals surface area contributed by atoms with E-state index in [-0.39, 0.29) is 17.1 Å². The van der Waals surface area contributed by atoms with E-state index in [0.29, 0.717) is 17.7 Å². The number of benzene rings is 2. The summed E-state index contributed by atoms with van der Waals surface area (Å²) in [4.78, 5) is 26.2. The molecule has 0 N–H and O–H groups in total. The van der Waals surface area contributed by atoms with E-state index in [1.165, 1.54) is 4.90 Å². The third kappa shape index (κ3) is 5.69. The summed E-state index contributed by atoms with van der Waals surface area (Å²) in [6.45, 7) is 10.8. The van der Waals surface area contributed by atoms with Crippen molar-refractivity contribution in [2.45, 2.75) is 32.6 Å². The molecule has 0 heterocycles. The van der Waals surface area contributed by atoms with Crippen molar-refractivity contribution in [3.63, 3.8) is 0 Å². The Morgan fingerprint density at radius 1 is 1.07 bits per heavy atom. The Morgan fingerprint density at radius 2 is 1.70 bits per heavy atom. The second-order valence-corrected chi connectivity index (χ2v) is 8.00. The topological polar surface area (TPSA) is 46.6 Å². The van der Waals surface area contributed by atoms with Gasteiger partial charge in [0.25, 0.3) is 5.91 Å². The highest BCUT2D eigenvalue weighted by atomic mass is 16.5. The van der Waals surface area contributed by atoms with E-state index >= 15 is 0 Å². The number of allylic oxidation sites excluding steroid dienone is 2. The van der Waals surface area contributed by atoms with E-state index in [9.17, 15) is 9.59 Å². The smallest absolute Gasteiger partial charge is 0.253 e. The zero-order chi connectivity index (χ0) is 22.3. The monoisotopic (exact) mass is 405 g/mol. The van der Waals surface area contributed by atoms with Crippen molar-refractivity contribution in [3.8, 4) is 5.75 Å². The van der Waals surface area contributed by atoms with Crippen molar-refractivity contribution in [2.75, 3.05) is 20.7 Å². The zero-order valence-electron chi connectivity index (χ0n) is 18.6. The van der Waals surface area contributed by atoms with Crippen molar-refractivity contribution in [2.24, 2.45) is 0 Å². The first-order chi connectivity index (χ1) is 14.2. The summed E-state index contributed by atoms with van der Waals surface area (Å²) in [5, 5.41) is 0. The number of carbonyl (C=O) groups excluding carboxylic acids is 2. The van der Waals surface area contributed by atoms with Crippen molar-refractivity contribution >= 4 is 17.8 Å². The van der Waals surface area contributed by atoms with E-state index in [0.717, 1.165) is 23.3 Å². The summed E-state index contributed by atoms with van der Waals surface area (Å²) in [5.41, 5.74) is 2.84. The highest BCUT2D eigenvalue weighted by Gasteiger charge is 2.17. The first-order valence-electron chi connectivity index (χ1n) is 10.1. The fraction of sp³-hybridized carbons (Fsp3) is 0.308. The van der Waals surface area contributed by atoms with E-state index in [4.69, 9.17) is 4.74 Å². The zero-order valence-corrected chi connectivity index (χ0v) is 18.6. The molecule has 0 saturated carbocycles. The summed E-state index contributed by atoms with van der Waals surface area (Å²) in [6, 6.07) is 12.7. The molecule has 2 rings (SSSR count). The summed E-state index contributed by atoms with van der Waals surface area (Å²) >= 11 is 0. The van der Waals surface area contributed by atoms with Crippen LogP contribution in [0.25, 0.3) is 6.08 Å². The molecule has 4 nitrogen and oxygen atoms in total. The van der Waals surface area contributed by atoms with Gasteiger partial charge in [0, 0.05) is 36.2 Å². The van der Waals surface area contributed by atoms with E-state index in [1.54, 1.807) is 50.5 Å². The van der Waals surface area contributed by atoms with E-state index in [1.807, 2.05) is 24.3 Å². The standard InChI is InChI=1S/C26H31NO3/c1-7-17-30-24-16-14-22(26(3,4)8-2)18-21(24)13-15-23(28)19-9-11-20(12-10-19)25(29)27(5)6/h8-16,18H,2,7,17H2,1,3-6H3. The Balaban J connectivity index is 2.30. The molecular formula is C26H31NO3. The molecule has 0 unspecified atom stereocenters. The van der Waals surface area contributed by atoms with Crippen LogP contribution in [0, 0.1) is 0 Å². The molecular weight excluding hydrogens is 374 g/mol. The molecule has 1 amide bonds. The molecule has 0 aromatic heterocycles. The molecule has 158 valence electrons. The van der Waals surface area contributed by atoms with Gasteiger partial charge in [-0.15, -0.1) is 6.58 Å². The molecule has 0 aliphatic carbocycles. The van der Waals surface area contributed by atoms with Gasteiger partial charge in [-0.25, -0.2) is 0 Å². The number of carbonyl (C=O) groups is 2. The lowest BCUT2D eigenvalue weighted by atomic mass is 9.84. The Labute approximate surface area is 179 Å². The average molecular weight is 406 g/mol. The highest BCUT2D eigenvalue weighted by molar-refractivity contribution is 6.07. The molecule has 2 aromatic rings. The number of amides is 1. The number of ether oxygens (including phenoxy) is 1. The number of hydrogen-bond acceptors (Lipinski definition) is 3. The maximum absolute atomic E-state index is 12.7. The molecule has 0 spiro atoms. The minimum absolute atomic E-state index is 0.0936. The van der Waals surface area contributed by atoms with Gasteiger partial charge in [-0.2, -0.15) is 0 Å². The summed E-state index contributed by atoms with van der Waals surface area (Å²) in [5.74, 6) is 0.522. The number of hydrogen-bond donors (Lipinski definition) is 0. The number of nitrogens with zero attached hydrogens (tertiary/aromatic N) is 1. The lowest BCUT2D eigenvalue weighted by Crippen LogP contribution is -2.21. The van der Waals surface area contributed by atoms with Crippen LogP contribution in [0.15, 0.2) is 61.2 Å². The lowest BCUT2D eigenvalue weighted by molar-refractivity contribution is 0.0827. The molecule has 0 saturated heterocycles. The summed E-state index contributed by atoms with van der Waals surface area (Å²) in [6.07, 6.45) is 6.14. The second kappa shape index (κ2) is 10.1. The van der Waals surface area contributed by atoms with Gasteiger partial charge >= 0.3 is 0 Å².